The monoisotopic (exact) mass is 234 g/mol. The minimum atomic E-state index is 0.578. The first-order valence-electron chi connectivity index (χ1n) is 5.85. The van der Waals surface area contributed by atoms with Gasteiger partial charge in [-0.25, -0.2) is 0 Å². The molecule has 0 aliphatic heterocycles. The van der Waals surface area contributed by atoms with Crippen molar-refractivity contribution in [2.75, 3.05) is 7.05 Å². The van der Waals surface area contributed by atoms with E-state index >= 15 is 0 Å². The highest BCUT2D eigenvalue weighted by atomic mass is 32.1. The normalized spacial score (nSPS) is 13.1. The van der Waals surface area contributed by atoms with Crippen molar-refractivity contribution in [3.63, 3.8) is 0 Å². The van der Waals surface area contributed by atoms with Crippen LogP contribution in [0.3, 0.4) is 0 Å². The molecule has 2 nitrogen and oxygen atoms in total. The van der Waals surface area contributed by atoms with Crippen LogP contribution >= 0.6 is 11.5 Å². The molecule has 2 rings (SSSR count). The molecular formula is C13H18N2S. The van der Waals surface area contributed by atoms with Crippen LogP contribution < -0.4 is 5.32 Å². The molecule has 0 aliphatic rings. The summed E-state index contributed by atoms with van der Waals surface area (Å²) in [6.45, 7) is 2.23. The molecule has 1 N–H and O–H groups in total. The highest BCUT2D eigenvalue weighted by molar-refractivity contribution is 7.07. The van der Waals surface area contributed by atoms with Crippen LogP contribution in [0.1, 0.15) is 24.6 Å². The van der Waals surface area contributed by atoms with Gasteiger partial charge in [0.05, 0.1) is 5.52 Å². The fourth-order valence-electron chi connectivity index (χ4n) is 2.01. The Balaban J connectivity index is 2.20. The minimum Gasteiger partial charge on any atom is -0.317 e. The van der Waals surface area contributed by atoms with E-state index in [2.05, 4.69) is 34.8 Å². The zero-order chi connectivity index (χ0) is 11.4. The van der Waals surface area contributed by atoms with Gasteiger partial charge in [-0.2, -0.15) is 4.37 Å². The predicted molar refractivity (Wildman–Crippen MR) is 71.1 cm³/mol. The fraction of sp³-hybridized carbons (Fsp3) is 0.462. The zero-order valence-electron chi connectivity index (χ0n) is 9.86. The van der Waals surface area contributed by atoms with Gasteiger partial charge >= 0.3 is 0 Å². The van der Waals surface area contributed by atoms with Gasteiger partial charge in [0, 0.05) is 16.3 Å². The number of benzene rings is 1. The molecule has 0 bridgehead atoms. The van der Waals surface area contributed by atoms with Crippen LogP contribution in [0.5, 0.6) is 0 Å². The Kier molecular flexibility index (Phi) is 3.91. The van der Waals surface area contributed by atoms with Crippen LogP contribution in [0, 0.1) is 0 Å². The lowest BCUT2D eigenvalue weighted by Gasteiger charge is -2.13. The van der Waals surface area contributed by atoms with E-state index in [0.717, 1.165) is 11.9 Å². The summed E-state index contributed by atoms with van der Waals surface area (Å²) in [6.07, 6.45) is 3.54. The summed E-state index contributed by atoms with van der Waals surface area (Å²) >= 11 is 1.64. The highest BCUT2D eigenvalue weighted by Crippen LogP contribution is 2.23. The number of nitrogens with one attached hydrogen (secondary N) is 1. The van der Waals surface area contributed by atoms with Gasteiger partial charge < -0.3 is 5.32 Å². The van der Waals surface area contributed by atoms with E-state index in [1.165, 1.54) is 23.1 Å². The Morgan fingerprint density at radius 2 is 2.19 bits per heavy atom. The van der Waals surface area contributed by atoms with Crippen LogP contribution in [0.4, 0.5) is 0 Å². The Bertz CT molecular complexity index is 450. The summed E-state index contributed by atoms with van der Waals surface area (Å²) in [6, 6.07) is 8.98. The molecule has 1 aromatic heterocycles. The van der Waals surface area contributed by atoms with Gasteiger partial charge in [-0.05, 0) is 37.5 Å². The minimum absolute atomic E-state index is 0.578. The maximum atomic E-state index is 4.48. The molecule has 0 amide bonds. The lowest BCUT2D eigenvalue weighted by molar-refractivity contribution is 0.518. The third-order valence-electron chi connectivity index (χ3n) is 2.94. The molecule has 16 heavy (non-hydrogen) atoms. The quantitative estimate of drug-likeness (QED) is 0.859. The van der Waals surface area contributed by atoms with Crippen molar-refractivity contribution in [3.8, 4) is 0 Å². The van der Waals surface area contributed by atoms with E-state index in [9.17, 15) is 0 Å². The smallest absolute Gasteiger partial charge is 0.0843 e. The zero-order valence-corrected chi connectivity index (χ0v) is 10.7. The molecule has 1 atom stereocenters. The largest absolute Gasteiger partial charge is 0.317 e. The van der Waals surface area contributed by atoms with Gasteiger partial charge in [0.1, 0.15) is 0 Å². The summed E-state index contributed by atoms with van der Waals surface area (Å²) in [5.41, 5.74) is 1.13. The third-order valence-corrected chi connectivity index (χ3v) is 3.83. The van der Waals surface area contributed by atoms with Crippen LogP contribution in [0.25, 0.3) is 10.9 Å². The third kappa shape index (κ3) is 2.42. The van der Waals surface area contributed by atoms with Gasteiger partial charge in [0.15, 0.2) is 0 Å². The first-order valence-corrected chi connectivity index (χ1v) is 6.63. The molecule has 0 spiro atoms. The first-order chi connectivity index (χ1) is 7.85. The molecule has 0 saturated heterocycles. The lowest BCUT2D eigenvalue weighted by Crippen LogP contribution is -2.26. The summed E-state index contributed by atoms with van der Waals surface area (Å²) in [4.78, 5) is 1.41. The summed E-state index contributed by atoms with van der Waals surface area (Å²) in [5.74, 6) is 0. The molecule has 3 heteroatoms. The second kappa shape index (κ2) is 5.41. The SMILES string of the molecule is CCCC(Cc1snc2ccccc12)NC. The molecule has 86 valence electrons. The van der Waals surface area contributed by atoms with E-state index in [1.54, 1.807) is 11.5 Å². The highest BCUT2D eigenvalue weighted by Gasteiger charge is 2.11. The number of fused-ring (bicyclic) bond motifs is 1. The van der Waals surface area contributed by atoms with Crippen molar-refractivity contribution in [2.45, 2.75) is 32.2 Å². The fourth-order valence-corrected chi connectivity index (χ4v) is 2.92. The second-order valence-electron chi connectivity index (χ2n) is 4.10. The van der Waals surface area contributed by atoms with Crippen molar-refractivity contribution < 1.29 is 0 Å². The number of likely N-dealkylation sites (N-methyl/N-ethyl adjacent to an activating group) is 1. The molecule has 1 aromatic carbocycles. The van der Waals surface area contributed by atoms with E-state index in [4.69, 9.17) is 0 Å². The Morgan fingerprint density at radius 3 is 2.94 bits per heavy atom. The van der Waals surface area contributed by atoms with Crippen LogP contribution in [-0.2, 0) is 6.42 Å². The topological polar surface area (TPSA) is 24.9 Å². The maximum absolute atomic E-state index is 4.48. The molecule has 0 aliphatic carbocycles. The lowest BCUT2D eigenvalue weighted by atomic mass is 10.1. The van der Waals surface area contributed by atoms with Gasteiger partial charge in [-0.1, -0.05) is 31.5 Å². The van der Waals surface area contributed by atoms with Crippen LogP contribution in [0.15, 0.2) is 24.3 Å². The summed E-state index contributed by atoms with van der Waals surface area (Å²) < 4.78 is 4.48. The summed E-state index contributed by atoms with van der Waals surface area (Å²) in [7, 11) is 2.05. The van der Waals surface area contributed by atoms with Gasteiger partial charge in [-0.3, -0.25) is 0 Å². The second-order valence-corrected chi connectivity index (χ2v) is 4.96. The molecule has 0 radical (unpaired) electrons. The first kappa shape index (κ1) is 11.6. The Morgan fingerprint density at radius 1 is 1.38 bits per heavy atom. The molecule has 2 aromatic rings. The van der Waals surface area contributed by atoms with Crippen molar-refractivity contribution in [2.24, 2.45) is 0 Å². The molecule has 0 saturated carbocycles. The van der Waals surface area contributed by atoms with Crippen molar-refractivity contribution in [1.82, 2.24) is 9.69 Å². The molecule has 0 fully saturated rings. The Hall–Kier alpha value is -0.930. The average molecular weight is 234 g/mol. The van der Waals surface area contributed by atoms with E-state index in [-0.39, 0.29) is 0 Å². The van der Waals surface area contributed by atoms with Crippen molar-refractivity contribution in [1.29, 1.82) is 0 Å². The van der Waals surface area contributed by atoms with E-state index in [0.29, 0.717) is 6.04 Å². The Labute approximate surface area is 101 Å². The number of nitrogens with zero attached hydrogens (tertiary/aromatic N) is 1. The predicted octanol–water partition coefficient (Wildman–Crippen LogP) is 3.23. The molecule has 1 heterocycles. The number of hydrogen-bond donors (Lipinski definition) is 1. The van der Waals surface area contributed by atoms with E-state index < -0.39 is 0 Å². The number of rotatable bonds is 5. The standard InChI is InChI=1S/C13H18N2S/c1-3-6-10(14-2)9-13-11-7-4-5-8-12(11)15-16-13/h4-5,7-8,10,14H,3,6,9H2,1-2H3. The van der Waals surface area contributed by atoms with Gasteiger partial charge in [0.2, 0.25) is 0 Å². The molecule has 1 unspecified atom stereocenters. The van der Waals surface area contributed by atoms with Gasteiger partial charge in [0.25, 0.3) is 0 Å². The van der Waals surface area contributed by atoms with Crippen molar-refractivity contribution >= 4 is 22.4 Å². The molecular weight excluding hydrogens is 216 g/mol. The van der Waals surface area contributed by atoms with Crippen LogP contribution in [-0.4, -0.2) is 17.5 Å². The van der Waals surface area contributed by atoms with E-state index in [1.807, 2.05) is 13.1 Å². The van der Waals surface area contributed by atoms with Crippen molar-refractivity contribution in [3.05, 3.63) is 29.1 Å². The average Bonchev–Trinajstić information content (AvgIpc) is 2.72. The van der Waals surface area contributed by atoms with Gasteiger partial charge in [-0.15, -0.1) is 0 Å². The maximum Gasteiger partial charge on any atom is 0.0843 e. The number of aromatic nitrogens is 1. The van der Waals surface area contributed by atoms with Crippen LogP contribution in [0.2, 0.25) is 0 Å². The summed E-state index contributed by atoms with van der Waals surface area (Å²) in [5, 5.41) is 4.71. The number of hydrogen-bond acceptors (Lipinski definition) is 3.